The van der Waals surface area contributed by atoms with E-state index in [1.807, 2.05) is 36.6 Å². The molecular weight excluding hydrogens is 312 g/mol. The number of hydrogen-bond acceptors (Lipinski definition) is 4. The predicted molar refractivity (Wildman–Crippen MR) is 91.5 cm³/mol. The molecule has 0 saturated carbocycles. The Morgan fingerprint density at radius 3 is 2.70 bits per heavy atom. The average Bonchev–Trinajstić information content (AvgIpc) is 3.06. The van der Waals surface area contributed by atoms with Crippen molar-refractivity contribution in [3.8, 4) is 0 Å². The number of carbonyl (C=O) groups is 2. The van der Waals surface area contributed by atoms with Crippen molar-refractivity contribution < 1.29 is 14.0 Å². The van der Waals surface area contributed by atoms with Crippen LogP contribution in [0.15, 0.2) is 52.0 Å². The number of aryl methyl sites for hydroxylation is 1. The van der Waals surface area contributed by atoms with Gasteiger partial charge in [0.1, 0.15) is 5.76 Å². The van der Waals surface area contributed by atoms with E-state index in [4.69, 9.17) is 4.42 Å². The Hall–Kier alpha value is -2.21. The van der Waals surface area contributed by atoms with Gasteiger partial charge in [-0.2, -0.15) is 0 Å². The second-order valence-corrected chi connectivity index (χ2v) is 5.93. The van der Waals surface area contributed by atoms with Crippen molar-refractivity contribution in [2.45, 2.75) is 17.7 Å². The normalized spacial score (nSPS) is 10.3. The third kappa shape index (κ3) is 5.17. The number of furan rings is 1. The van der Waals surface area contributed by atoms with Crippen molar-refractivity contribution >= 4 is 29.3 Å². The summed E-state index contributed by atoms with van der Waals surface area (Å²) in [4.78, 5) is 26.6. The van der Waals surface area contributed by atoms with E-state index in [0.29, 0.717) is 12.8 Å². The summed E-state index contributed by atoms with van der Waals surface area (Å²) in [7, 11) is 1.63. The van der Waals surface area contributed by atoms with E-state index in [2.05, 4.69) is 5.32 Å². The zero-order chi connectivity index (χ0) is 16.7. The lowest BCUT2D eigenvalue weighted by Gasteiger charge is -2.17. The zero-order valence-corrected chi connectivity index (χ0v) is 14.1. The number of hydrogen-bond donors (Lipinski definition) is 1. The number of anilines is 1. The first kappa shape index (κ1) is 17.1. The molecule has 2 amide bonds. The first-order chi connectivity index (χ1) is 11.1. The van der Waals surface area contributed by atoms with Gasteiger partial charge in [-0.25, -0.2) is 0 Å². The van der Waals surface area contributed by atoms with Crippen molar-refractivity contribution in [2.24, 2.45) is 0 Å². The minimum Gasteiger partial charge on any atom is -0.469 e. The van der Waals surface area contributed by atoms with Crippen LogP contribution in [-0.2, 0) is 16.0 Å². The summed E-state index contributed by atoms with van der Waals surface area (Å²) >= 11 is 1.56. The molecule has 5 nitrogen and oxygen atoms in total. The van der Waals surface area contributed by atoms with E-state index in [9.17, 15) is 9.59 Å². The van der Waals surface area contributed by atoms with Crippen LogP contribution in [0.25, 0.3) is 0 Å². The molecule has 0 unspecified atom stereocenters. The Kier molecular flexibility index (Phi) is 6.29. The van der Waals surface area contributed by atoms with Gasteiger partial charge < -0.3 is 14.6 Å². The number of amides is 2. The Balaban J connectivity index is 1.82. The van der Waals surface area contributed by atoms with Crippen LogP contribution in [0.1, 0.15) is 12.2 Å². The molecule has 2 rings (SSSR count). The molecule has 1 heterocycles. The fraction of sp³-hybridized carbons (Fsp3) is 0.294. The van der Waals surface area contributed by atoms with Gasteiger partial charge in [0.15, 0.2) is 0 Å². The molecule has 1 N–H and O–H groups in total. The maximum absolute atomic E-state index is 12.1. The summed E-state index contributed by atoms with van der Waals surface area (Å²) in [5.41, 5.74) is 0.765. The van der Waals surface area contributed by atoms with Gasteiger partial charge in [-0.15, -0.1) is 11.8 Å². The van der Waals surface area contributed by atoms with Gasteiger partial charge in [-0.3, -0.25) is 9.59 Å². The second-order valence-electron chi connectivity index (χ2n) is 5.08. The van der Waals surface area contributed by atoms with Gasteiger partial charge in [-0.1, -0.05) is 12.1 Å². The quantitative estimate of drug-likeness (QED) is 0.792. The van der Waals surface area contributed by atoms with Crippen molar-refractivity contribution in [2.75, 3.05) is 25.2 Å². The molecule has 6 heteroatoms. The summed E-state index contributed by atoms with van der Waals surface area (Å²) in [5, 5.41) is 2.84. The largest absolute Gasteiger partial charge is 0.469 e. The molecule has 122 valence electrons. The molecule has 2 aromatic rings. The summed E-state index contributed by atoms with van der Waals surface area (Å²) in [6.07, 6.45) is 4.39. The Morgan fingerprint density at radius 2 is 2.00 bits per heavy atom. The topological polar surface area (TPSA) is 62.6 Å². The van der Waals surface area contributed by atoms with Gasteiger partial charge >= 0.3 is 0 Å². The van der Waals surface area contributed by atoms with Crippen molar-refractivity contribution in [3.05, 3.63) is 48.4 Å². The van der Waals surface area contributed by atoms with Gasteiger partial charge in [0.25, 0.3) is 0 Å². The fourth-order valence-corrected chi connectivity index (χ4v) is 2.67. The van der Waals surface area contributed by atoms with Gasteiger partial charge in [0.2, 0.25) is 11.8 Å². The van der Waals surface area contributed by atoms with Crippen LogP contribution in [0, 0.1) is 0 Å². The number of nitrogens with zero attached hydrogens (tertiary/aromatic N) is 1. The summed E-state index contributed by atoms with van der Waals surface area (Å²) in [6, 6.07) is 11.2. The van der Waals surface area contributed by atoms with Crippen LogP contribution < -0.4 is 5.32 Å². The molecule has 1 aromatic heterocycles. The SMILES string of the molecule is CSc1ccccc1NC(=O)CN(C)C(=O)CCc1ccco1. The van der Waals surface area contributed by atoms with Crippen LogP contribution in [0.2, 0.25) is 0 Å². The average molecular weight is 332 g/mol. The molecule has 0 spiro atoms. The van der Waals surface area contributed by atoms with E-state index in [-0.39, 0.29) is 18.4 Å². The molecule has 1 aromatic carbocycles. The predicted octanol–water partition coefficient (Wildman–Crippen LogP) is 3.03. The van der Waals surface area contributed by atoms with Gasteiger partial charge in [0, 0.05) is 24.8 Å². The van der Waals surface area contributed by atoms with E-state index < -0.39 is 0 Å². The molecule has 0 aliphatic carbocycles. The minimum absolute atomic E-state index is 0.0275. The lowest BCUT2D eigenvalue weighted by molar-refractivity contribution is -0.133. The number of rotatable bonds is 7. The fourth-order valence-electron chi connectivity index (χ4n) is 2.12. The number of likely N-dealkylation sites (N-methyl/N-ethyl adjacent to an activating group) is 1. The third-order valence-electron chi connectivity index (χ3n) is 3.35. The minimum atomic E-state index is -0.208. The van der Waals surface area contributed by atoms with Crippen LogP contribution in [0.4, 0.5) is 5.69 Å². The maximum Gasteiger partial charge on any atom is 0.244 e. The Labute approximate surface area is 140 Å². The standard InChI is InChI=1S/C17H20N2O3S/c1-19(17(21)10-9-13-6-5-11-22-13)12-16(20)18-14-7-3-4-8-15(14)23-2/h3-8,11H,9-10,12H2,1-2H3,(H,18,20). The van der Waals surface area contributed by atoms with E-state index in [1.165, 1.54) is 4.90 Å². The third-order valence-corrected chi connectivity index (χ3v) is 4.15. The highest BCUT2D eigenvalue weighted by molar-refractivity contribution is 7.98. The van der Waals surface area contributed by atoms with Crippen molar-refractivity contribution in [3.63, 3.8) is 0 Å². The van der Waals surface area contributed by atoms with Crippen molar-refractivity contribution in [1.82, 2.24) is 4.90 Å². The monoisotopic (exact) mass is 332 g/mol. The second kappa shape index (κ2) is 8.43. The summed E-state index contributed by atoms with van der Waals surface area (Å²) in [6.45, 7) is 0.0275. The zero-order valence-electron chi connectivity index (χ0n) is 13.2. The molecule has 0 saturated heterocycles. The molecule has 0 aliphatic heterocycles. The Morgan fingerprint density at radius 1 is 1.22 bits per heavy atom. The lowest BCUT2D eigenvalue weighted by atomic mass is 10.2. The smallest absolute Gasteiger partial charge is 0.244 e. The molecule has 0 aliphatic rings. The highest BCUT2D eigenvalue weighted by Gasteiger charge is 2.14. The number of para-hydroxylation sites is 1. The van der Waals surface area contributed by atoms with E-state index >= 15 is 0 Å². The number of thioether (sulfide) groups is 1. The van der Waals surface area contributed by atoms with E-state index in [1.54, 1.807) is 31.1 Å². The number of benzene rings is 1. The van der Waals surface area contributed by atoms with Crippen LogP contribution >= 0.6 is 11.8 Å². The summed E-state index contributed by atoms with van der Waals surface area (Å²) in [5.74, 6) is 0.472. The molecule has 0 bridgehead atoms. The highest BCUT2D eigenvalue weighted by atomic mass is 32.2. The van der Waals surface area contributed by atoms with Crippen molar-refractivity contribution in [1.29, 1.82) is 0 Å². The molecule has 0 fully saturated rings. The molecule has 0 atom stereocenters. The first-order valence-corrected chi connectivity index (χ1v) is 8.52. The molecule has 0 radical (unpaired) electrons. The van der Waals surface area contributed by atoms with Gasteiger partial charge in [-0.05, 0) is 30.5 Å². The van der Waals surface area contributed by atoms with Gasteiger partial charge in [0.05, 0.1) is 18.5 Å². The number of carbonyl (C=O) groups excluding carboxylic acids is 2. The van der Waals surface area contributed by atoms with Crippen LogP contribution in [-0.4, -0.2) is 36.6 Å². The highest BCUT2D eigenvalue weighted by Crippen LogP contribution is 2.24. The molecular formula is C17H20N2O3S. The molecule has 23 heavy (non-hydrogen) atoms. The van der Waals surface area contributed by atoms with Crippen LogP contribution in [0.5, 0.6) is 0 Å². The lowest BCUT2D eigenvalue weighted by Crippen LogP contribution is -2.35. The maximum atomic E-state index is 12.1. The summed E-state index contributed by atoms with van der Waals surface area (Å²) < 4.78 is 5.20. The number of nitrogens with one attached hydrogen (secondary N) is 1. The van der Waals surface area contributed by atoms with Crippen LogP contribution in [0.3, 0.4) is 0 Å². The van der Waals surface area contributed by atoms with E-state index in [0.717, 1.165) is 16.3 Å². The Bertz CT molecular complexity index is 656. The first-order valence-electron chi connectivity index (χ1n) is 7.29.